The van der Waals surface area contributed by atoms with Crippen molar-refractivity contribution in [3.63, 3.8) is 0 Å². The Balaban J connectivity index is 2.45. The van der Waals surface area contributed by atoms with Crippen LogP contribution in [-0.4, -0.2) is 38.1 Å². The lowest BCUT2D eigenvalue weighted by Gasteiger charge is -2.36. The first-order chi connectivity index (χ1) is 13.9. The molecule has 1 atom stereocenters. The lowest BCUT2D eigenvalue weighted by molar-refractivity contribution is -0.142. The van der Waals surface area contributed by atoms with E-state index in [2.05, 4.69) is 6.58 Å². The number of rotatable bonds is 5. The van der Waals surface area contributed by atoms with Crippen molar-refractivity contribution >= 4 is 23.5 Å². The molecule has 1 amide bonds. The van der Waals surface area contributed by atoms with Crippen LogP contribution >= 0.6 is 0 Å². The molecule has 0 aromatic heterocycles. The van der Waals surface area contributed by atoms with Gasteiger partial charge in [-0.2, -0.15) is 0 Å². The van der Waals surface area contributed by atoms with Gasteiger partial charge in [-0.1, -0.05) is 24.3 Å². The minimum Gasteiger partial charge on any atom is -0.466 e. The molecule has 0 bridgehead atoms. The van der Waals surface area contributed by atoms with Gasteiger partial charge < -0.3 is 24.8 Å². The summed E-state index contributed by atoms with van der Waals surface area (Å²) in [6.45, 7) is 7.04. The lowest BCUT2D eigenvalue weighted by atomic mass is 9.67. The Bertz CT molecular complexity index is 977. The number of benzene rings is 1. The number of amides is 1. The van der Waals surface area contributed by atoms with Gasteiger partial charge in [-0.15, -0.1) is 6.58 Å². The molecule has 2 N–H and O–H groups in total. The Morgan fingerprint density at radius 1 is 1.28 bits per heavy atom. The highest BCUT2D eigenvalue weighted by Crippen LogP contribution is 2.54. The fourth-order valence-electron chi connectivity index (χ4n) is 3.94. The van der Waals surface area contributed by atoms with Crippen LogP contribution in [0.5, 0.6) is 0 Å². The third-order valence-corrected chi connectivity index (χ3v) is 4.96. The highest BCUT2D eigenvalue weighted by Gasteiger charge is 2.63. The van der Waals surface area contributed by atoms with E-state index in [0.29, 0.717) is 11.3 Å². The van der Waals surface area contributed by atoms with E-state index >= 15 is 0 Å². The molecule has 152 valence electrons. The summed E-state index contributed by atoms with van der Waals surface area (Å²) in [4.78, 5) is 41.1. The molecule has 2 heterocycles. The number of anilines is 1. The van der Waals surface area contributed by atoms with Crippen LogP contribution in [0.15, 0.2) is 59.7 Å². The monoisotopic (exact) mass is 398 g/mol. The smallest absolute Gasteiger partial charge is 0.341 e. The summed E-state index contributed by atoms with van der Waals surface area (Å²) in [6.07, 6.45) is 1.55. The van der Waals surface area contributed by atoms with Crippen LogP contribution in [0.1, 0.15) is 19.4 Å². The Labute approximate surface area is 168 Å². The van der Waals surface area contributed by atoms with Crippen molar-refractivity contribution in [2.45, 2.75) is 19.3 Å². The van der Waals surface area contributed by atoms with Crippen molar-refractivity contribution in [3.8, 4) is 0 Å². The maximum absolute atomic E-state index is 13.9. The first kappa shape index (κ1) is 20.2. The van der Waals surface area contributed by atoms with Gasteiger partial charge in [0.05, 0.1) is 13.7 Å². The third-order valence-electron chi connectivity index (χ3n) is 4.96. The molecule has 0 fully saturated rings. The Morgan fingerprint density at radius 3 is 2.59 bits per heavy atom. The molecule has 0 saturated carbocycles. The van der Waals surface area contributed by atoms with Crippen LogP contribution in [0.2, 0.25) is 0 Å². The Hall–Kier alpha value is -3.55. The zero-order chi connectivity index (χ0) is 21.3. The normalized spacial score (nSPS) is 20.5. The average Bonchev–Trinajstić information content (AvgIpc) is 2.91. The number of esters is 2. The van der Waals surface area contributed by atoms with Crippen LogP contribution in [0, 0.1) is 0 Å². The van der Waals surface area contributed by atoms with Gasteiger partial charge in [-0.3, -0.25) is 4.79 Å². The minimum absolute atomic E-state index is 0.0498. The van der Waals surface area contributed by atoms with Gasteiger partial charge in [0.2, 0.25) is 11.8 Å². The predicted octanol–water partition coefficient (Wildman–Crippen LogP) is 1.67. The summed E-state index contributed by atoms with van der Waals surface area (Å²) in [5.74, 6) is -2.40. The number of ether oxygens (including phenoxy) is 3. The molecule has 8 nitrogen and oxygen atoms in total. The zero-order valence-corrected chi connectivity index (χ0v) is 16.5. The van der Waals surface area contributed by atoms with Crippen LogP contribution in [0.3, 0.4) is 0 Å². The summed E-state index contributed by atoms with van der Waals surface area (Å²) in [7, 11) is 1.19. The SMILES string of the molecule is C=CCN1C(=O)[C@]2(C(C(=O)OC)=C(C)OC(N)=C2C(=O)OCC)c2ccccc21. The van der Waals surface area contributed by atoms with Gasteiger partial charge in [-0.05, 0) is 19.9 Å². The standard InChI is InChI=1S/C21H22N2O6/c1-5-11-23-14-10-8-7-9-13(14)21(20(23)26)15(18(24)27-4)12(3)29-17(22)16(21)19(25)28-6-2/h5,7-10H,1,6,11,22H2,2-4H3/t21-/m0/s1. The number of carbonyl (C=O) groups excluding carboxylic acids is 3. The minimum atomic E-state index is -1.84. The summed E-state index contributed by atoms with van der Waals surface area (Å²) < 4.78 is 15.6. The number of methoxy groups -OCH3 is 1. The first-order valence-electron chi connectivity index (χ1n) is 9.03. The summed E-state index contributed by atoms with van der Waals surface area (Å²) in [5.41, 5.74) is 4.83. The van der Waals surface area contributed by atoms with E-state index in [0.717, 1.165) is 0 Å². The Morgan fingerprint density at radius 2 is 1.97 bits per heavy atom. The predicted molar refractivity (Wildman–Crippen MR) is 104 cm³/mol. The topological polar surface area (TPSA) is 108 Å². The van der Waals surface area contributed by atoms with Crippen LogP contribution in [-0.2, 0) is 34.0 Å². The van der Waals surface area contributed by atoms with Gasteiger partial charge in [-0.25, -0.2) is 9.59 Å². The number of para-hydroxylation sites is 1. The van der Waals surface area contributed by atoms with Crippen LogP contribution < -0.4 is 10.6 Å². The second-order valence-corrected chi connectivity index (χ2v) is 6.46. The van der Waals surface area contributed by atoms with Gasteiger partial charge in [0, 0.05) is 17.8 Å². The van der Waals surface area contributed by atoms with E-state index in [1.165, 1.54) is 18.9 Å². The molecule has 0 saturated heterocycles. The molecule has 0 aliphatic carbocycles. The van der Waals surface area contributed by atoms with E-state index in [-0.39, 0.29) is 35.9 Å². The number of nitrogens with two attached hydrogens (primary N) is 1. The van der Waals surface area contributed by atoms with Crippen molar-refractivity contribution in [1.82, 2.24) is 0 Å². The zero-order valence-electron chi connectivity index (χ0n) is 16.5. The highest BCUT2D eigenvalue weighted by atomic mass is 16.5. The fraction of sp³-hybridized carbons (Fsp3) is 0.286. The molecule has 1 spiro atoms. The second-order valence-electron chi connectivity index (χ2n) is 6.46. The number of fused-ring (bicyclic) bond motifs is 2. The molecular formula is C21H22N2O6. The molecule has 0 unspecified atom stereocenters. The van der Waals surface area contributed by atoms with Crippen molar-refractivity contribution < 1.29 is 28.6 Å². The quantitative estimate of drug-likeness (QED) is 0.594. The molecule has 3 rings (SSSR count). The van der Waals surface area contributed by atoms with E-state index < -0.39 is 23.3 Å². The van der Waals surface area contributed by atoms with Crippen LogP contribution in [0.4, 0.5) is 5.69 Å². The number of carbonyl (C=O) groups is 3. The molecule has 0 radical (unpaired) electrons. The molecule has 2 aliphatic rings. The van der Waals surface area contributed by atoms with Gasteiger partial charge >= 0.3 is 11.9 Å². The van der Waals surface area contributed by atoms with E-state index in [1.54, 1.807) is 37.3 Å². The second kappa shape index (κ2) is 7.46. The van der Waals surface area contributed by atoms with E-state index in [9.17, 15) is 14.4 Å². The Kier molecular flexibility index (Phi) is 5.19. The maximum atomic E-state index is 13.9. The molecule has 29 heavy (non-hydrogen) atoms. The number of hydrogen-bond donors (Lipinski definition) is 1. The largest absolute Gasteiger partial charge is 0.466 e. The third kappa shape index (κ3) is 2.71. The average molecular weight is 398 g/mol. The van der Waals surface area contributed by atoms with E-state index in [1.807, 2.05) is 0 Å². The fourth-order valence-corrected chi connectivity index (χ4v) is 3.94. The van der Waals surface area contributed by atoms with E-state index in [4.69, 9.17) is 19.9 Å². The number of hydrogen-bond acceptors (Lipinski definition) is 7. The maximum Gasteiger partial charge on any atom is 0.341 e. The molecule has 1 aromatic carbocycles. The summed E-state index contributed by atoms with van der Waals surface area (Å²) in [5, 5.41) is 0. The molecular weight excluding hydrogens is 376 g/mol. The molecule has 8 heteroatoms. The van der Waals surface area contributed by atoms with Crippen molar-refractivity contribution in [3.05, 3.63) is 65.3 Å². The summed E-state index contributed by atoms with van der Waals surface area (Å²) in [6, 6.07) is 6.87. The molecule has 1 aromatic rings. The van der Waals surface area contributed by atoms with Gasteiger partial charge in [0.1, 0.15) is 22.3 Å². The van der Waals surface area contributed by atoms with Crippen molar-refractivity contribution in [2.75, 3.05) is 25.2 Å². The van der Waals surface area contributed by atoms with Gasteiger partial charge in [0.25, 0.3) is 0 Å². The highest BCUT2D eigenvalue weighted by molar-refractivity contribution is 6.22. The lowest BCUT2D eigenvalue weighted by Crippen LogP contribution is -2.50. The molecule has 2 aliphatic heterocycles. The number of allylic oxidation sites excluding steroid dienone is 1. The van der Waals surface area contributed by atoms with Crippen molar-refractivity contribution in [1.29, 1.82) is 0 Å². The van der Waals surface area contributed by atoms with Crippen LogP contribution in [0.25, 0.3) is 0 Å². The summed E-state index contributed by atoms with van der Waals surface area (Å²) >= 11 is 0. The first-order valence-corrected chi connectivity index (χ1v) is 9.03. The number of nitrogens with zero attached hydrogens (tertiary/aromatic N) is 1. The van der Waals surface area contributed by atoms with Gasteiger partial charge in [0.15, 0.2) is 0 Å². The van der Waals surface area contributed by atoms with Crippen molar-refractivity contribution in [2.24, 2.45) is 5.73 Å².